The Morgan fingerprint density at radius 2 is 2.00 bits per heavy atom. The van der Waals surface area contributed by atoms with Crippen LogP contribution in [-0.4, -0.2) is 49.8 Å². The number of hydrogen-bond acceptors (Lipinski definition) is 8. The van der Waals surface area contributed by atoms with Gasteiger partial charge in [0, 0.05) is 0 Å². The number of rotatable bonds is 2. The van der Waals surface area contributed by atoms with E-state index in [9.17, 15) is 15.3 Å². The molecule has 0 bridgehead atoms. The van der Waals surface area contributed by atoms with Crippen LogP contribution in [0.4, 0.5) is 11.5 Å². The maximum Gasteiger partial charge on any atom is 0.203 e. The molecule has 0 amide bonds. The summed E-state index contributed by atoms with van der Waals surface area (Å²) in [5, 5.41) is 32.4. The molecule has 3 heterocycles. The number of hydrogen-bond donors (Lipinski definition) is 4. The van der Waals surface area contributed by atoms with Crippen LogP contribution >= 0.6 is 12.2 Å². The second-order valence-corrected chi connectivity index (χ2v) is 5.96. The molecule has 2 aliphatic heterocycles. The molecular weight excluding hydrogens is 334 g/mol. The highest BCUT2D eigenvalue weighted by Gasteiger charge is 2.43. The summed E-state index contributed by atoms with van der Waals surface area (Å²) in [4.78, 5) is 4.27. The van der Waals surface area contributed by atoms with Crippen LogP contribution in [0.2, 0.25) is 0 Å². The summed E-state index contributed by atoms with van der Waals surface area (Å²) in [5.41, 5.74) is 0.776. The van der Waals surface area contributed by atoms with Gasteiger partial charge < -0.3 is 30.1 Å². The Labute approximate surface area is 141 Å². The van der Waals surface area contributed by atoms with Crippen molar-refractivity contribution in [2.75, 3.05) is 11.9 Å². The quantitative estimate of drug-likeness (QED) is 0.509. The van der Waals surface area contributed by atoms with Gasteiger partial charge in [-0.25, -0.2) is 0 Å². The molecular formula is C15H15N3O5S. The number of benzene rings is 1. The summed E-state index contributed by atoms with van der Waals surface area (Å²) in [5.74, 6) is 1.51. The highest BCUT2D eigenvalue weighted by atomic mass is 32.1. The van der Waals surface area contributed by atoms with E-state index in [1.165, 1.54) is 4.57 Å². The summed E-state index contributed by atoms with van der Waals surface area (Å²) >= 11 is 5.26. The lowest BCUT2D eigenvalue weighted by atomic mass is 10.1. The average molecular weight is 349 g/mol. The first-order chi connectivity index (χ1) is 11.6. The number of aliphatic hydroxyl groups excluding tert-OH is 3. The van der Waals surface area contributed by atoms with E-state index in [-0.39, 0.29) is 4.77 Å². The molecule has 126 valence electrons. The molecule has 0 radical (unpaired) electrons. The number of aliphatic hydroxyl groups is 3. The number of nitrogens with zero attached hydrogens (tertiary/aromatic N) is 2. The molecule has 2 aliphatic rings. The molecule has 1 fully saturated rings. The zero-order valence-corrected chi connectivity index (χ0v) is 13.2. The van der Waals surface area contributed by atoms with Crippen molar-refractivity contribution in [2.24, 2.45) is 0 Å². The van der Waals surface area contributed by atoms with Gasteiger partial charge in [-0.15, -0.1) is 0 Å². The minimum Gasteiger partial charge on any atom is -0.450 e. The van der Waals surface area contributed by atoms with Gasteiger partial charge >= 0.3 is 0 Å². The monoisotopic (exact) mass is 349 g/mol. The van der Waals surface area contributed by atoms with Gasteiger partial charge in [0.25, 0.3) is 0 Å². The molecule has 9 heteroatoms. The third kappa shape index (κ3) is 2.38. The number of aromatic nitrogens is 2. The van der Waals surface area contributed by atoms with Gasteiger partial charge in [-0.1, -0.05) is 12.1 Å². The lowest BCUT2D eigenvalue weighted by molar-refractivity contribution is -0.0542. The number of fused-ring (bicyclic) bond motifs is 2. The molecule has 4 rings (SSSR count). The minimum absolute atomic E-state index is 0.152. The maximum atomic E-state index is 10.2. The minimum atomic E-state index is -1.24. The molecule has 8 nitrogen and oxygen atoms in total. The summed E-state index contributed by atoms with van der Waals surface area (Å²) in [7, 11) is 0. The second kappa shape index (κ2) is 5.80. The SMILES string of the molecule is OC[C@H]1O[C@@H](n2cc3c(nc2=S)Nc2ccccc2O3)C(O)C1O. The molecule has 24 heavy (non-hydrogen) atoms. The van der Waals surface area contributed by atoms with Crippen molar-refractivity contribution in [3.63, 3.8) is 0 Å². The zero-order valence-electron chi connectivity index (χ0n) is 12.4. The molecule has 4 atom stereocenters. The van der Waals surface area contributed by atoms with E-state index in [0.717, 1.165) is 5.69 Å². The Balaban J connectivity index is 1.72. The Morgan fingerprint density at radius 3 is 2.75 bits per heavy atom. The first-order valence-electron chi connectivity index (χ1n) is 7.38. The standard InChI is InChI=1S/C15H15N3O5S/c19-6-10-11(20)12(21)14(23-10)18-5-9-13(17-15(18)24)16-7-3-1-2-4-8(7)22-9/h1-5,10-12,14,19-21H,6H2,(H,16,17,24)/t10-,11?,12?,14-/m1/s1. The first-order valence-corrected chi connectivity index (χ1v) is 7.79. The molecule has 1 saturated heterocycles. The summed E-state index contributed by atoms with van der Waals surface area (Å²) in [6, 6.07) is 7.39. The van der Waals surface area contributed by atoms with Crippen molar-refractivity contribution < 1.29 is 24.8 Å². The third-order valence-electron chi connectivity index (χ3n) is 4.07. The van der Waals surface area contributed by atoms with Crippen LogP contribution < -0.4 is 10.1 Å². The molecule has 2 aromatic rings. The van der Waals surface area contributed by atoms with Crippen molar-refractivity contribution in [2.45, 2.75) is 24.5 Å². The summed E-state index contributed by atoms with van der Waals surface area (Å²) in [6.07, 6.45) is -2.73. The molecule has 0 saturated carbocycles. The van der Waals surface area contributed by atoms with Gasteiger partial charge in [0.15, 0.2) is 23.5 Å². The van der Waals surface area contributed by atoms with E-state index in [1.807, 2.05) is 24.3 Å². The van der Waals surface area contributed by atoms with Gasteiger partial charge in [-0.3, -0.25) is 4.57 Å². The predicted octanol–water partition coefficient (Wildman–Crippen LogP) is 1.07. The van der Waals surface area contributed by atoms with Crippen LogP contribution in [0.25, 0.3) is 0 Å². The van der Waals surface area contributed by atoms with E-state index in [2.05, 4.69) is 10.3 Å². The fourth-order valence-electron chi connectivity index (χ4n) is 2.81. The van der Waals surface area contributed by atoms with Crippen LogP contribution in [0.15, 0.2) is 30.5 Å². The van der Waals surface area contributed by atoms with E-state index in [0.29, 0.717) is 17.3 Å². The van der Waals surface area contributed by atoms with E-state index in [4.69, 9.17) is 21.7 Å². The van der Waals surface area contributed by atoms with Gasteiger partial charge in [-0.2, -0.15) is 4.98 Å². The fraction of sp³-hybridized carbons (Fsp3) is 0.333. The van der Waals surface area contributed by atoms with Gasteiger partial charge in [-0.05, 0) is 24.4 Å². The van der Waals surface area contributed by atoms with E-state index < -0.39 is 31.1 Å². The lowest BCUT2D eigenvalue weighted by Gasteiger charge is -2.24. The normalized spacial score (nSPS) is 27.8. The number of nitrogens with one attached hydrogen (secondary N) is 1. The van der Waals surface area contributed by atoms with Crippen LogP contribution in [0.1, 0.15) is 6.23 Å². The Morgan fingerprint density at radius 1 is 1.21 bits per heavy atom. The van der Waals surface area contributed by atoms with Crippen molar-refractivity contribution in [1.82, 2.24) is 9.55 Å². The van der Waals surface area contributed by atoms with Crippen LogP contribution in [0, 0.1) is 4.77 Å². The zero-order chi connectivity index (χ0) is 16.8. The van der Waals surface area contributed by atoms with Crippen LogP contribution in [0.5, 0.6) is 11.5 Å². The molecule has 4 N–H and O–H groups in total. The molecule has 1 aromatic heterocycles. The summed E-state index contributed by atoms with van der Waals surface area (Å²) in [6.45, 7) is -0.411. The number of anilines is 2. The smallest absolute Gasteiger partial charge is 0.203 e. The Kier molecular flexibility index (Phi) is 3.74. The first kappa shape index (κ1) is 15.5. The van der Waals surface area contributed by atoms with Crippen LogP contribution in [0.3, 0.4) is 0 Å². The highest BCUT2D eigenvalue weighted by Crippen LogP contribution is 2.41. The van der Waals surface area contributed by atoms with Crippen molar-refractivity contribution >= 4 is 23.7 Å². The number of ether oxygens (including phenoxy) is 2. The Bertz CT molecular complexity index is 842. The predicted molar refractivity (Wildman–Crippen MR) is 85.9 cm³/mol. The van der Waals surface area contributed by atoms with Gasteiger partial charge in [0.1, 0.15) is 18.3 Å². The Hall–Kier alpha value is -2.04. The van der Waals surface area contributed by atoms with Crippen molar-refractivity contribution in [1.29, 1.82) is 0 Å². The van der Waals surface area contributed by atoms with Crippen molar-refractivity contribution in [3.05, 3.63) is 35.2 Å². The molecule has 2 unspecified atom stereocenters. The second-order valence-electron chi connectivity index (χ2n) is 5.60. The van der Waals surface area contributed by atoms with Gasteiger partial charge in [0.05, 0.1) is 18.5 Å². The fourth-order valence-corrected chi connectivity index (χ4v) is 3.06. The maximum absolute atomic E-state index is 10.2. The molecule has 1 aromatic carbocycles. The molecule has 0 spiro atoms. The van der Waals surface area contributed by atoms with Crippen LogP contribution in [-0.2, 0) is 4.74 Å². The highest BCUT2D eigenvalue weighted by molar-refractivity contribution is 7.71. The topological polar surface area (TPSA) is 109 Å². The summed E-state index contributed by atoms with van der Waals surface area (Å²) < 4.78 is 12.9. The lowest BCUT2D eigenvalue weighted by Crippen LogP contribution is -2.33. The number of para-hydroxylation sites is 2. The van der Waals surface area contributed by atoms with Crippen molar-refractivity contribution in [3.8, 4) is 11.5 Å². The average Bonchev–Trinajstić information content (AvgIpc) is 2.87. The molecule has 0 aliphatic carbocycles. The largest absolute Gasteiger partial charge is 0.450 e. The van der Waals surface area contributed by atoms with Gasteiger partial charge in [0.2, 0.25) is 4.77 Å². The van der Waals surface area contributed by atoms with E-state index in [1.54, 1.807) is 6.20 Å². The third-order valence-corrected chi connectivity index (χ3v) is 4.37. The van der Waals surface area contributed by atoms with E-state index >= 15 is 0 Å².